The van der Waals surface area contributed by atoms with Crippen LogP contribution in [-0.2, 0) is 7.05 Å². The zero-order chi connectivity index (χ0) is 9.30. The molecule has 0 radical (unpaired) electrons. The Morgan fingerprint density at radius 2 is 2.25 bits per heavy atom. The number of hydrogen-bond donors (Lipinski definition) is 0. The maximum absolute atomic E-state index is 11.9. The SMILES string of the molecule is Cc1cn(C)nc1C(=O)C(F)F. The van der Waals surface area contributed by atoms with Gasteiger partial charge in [0.2, 0.25) is 5.78 Å². The number of hydrogen-bond acceptors (Lipinski definition) is 2. The Kier molecular flexibility index (Phi) is 2.21. The summed E-state index contributed by atoms with van der Waals surface area (Å²) in [5.41, 5.74) is 0.329. The molecule has 0 fully saturated rings. The summed E-state index contributed by atoms with van der Waals surface area (Å²) in [5.74, 6) is -1.21. The van der Waals surface area contributed by atoms with E-state index in [1.807, 2.05) is 0 Å². The van der Waals surface area contributed by atoms with Gasteiger partial charge in [-0.1, -0.05) is 0 Å². The molecule has 3 nitrogen and oxygen atoms in total. The Labute approximate surface area is 68.0 Å². The average molecular weight is 174 g/mol. The van der Waals surface area contributed by atoms with Crippen molar-refractivity contribution < 1.29 is 13.6 Å². The van der Waals surface area contributed by atoms with Crippen LogP contribution in [0, 0.1) is 6.92 Å². The zero-order valence-corrected chi connectivity index (χ0v) is 6.71. The molecule has 1 rings (SSSR count). The van der Waals surface area contributed by atoms with Crippen molar-refractivity contribution in [2.24, 2.45) is 7.05 Å². The zero-order valence-electron chi connectivity index (χ0n) is 6.71. The van der Waals surface area contributed by atoms with Crippen LogP contribution in [-0.4, -0.2) is 22.0 Å². The molecule has 0 N–H and O–H groups in total. The first-order valence-electron chi connectivity index (χ1n) is 3.35. The summed E-state index contributed by atoms with van der Waals surface area (Å²) in [5, 5.41) is 3.62. The Morgan fingerprint density at radius 1 is 1.67 bits per heavy atom. The van der Waals surface area contributed by atoms with E-state index in [2.05, 4.69) is 5.10 Å². The number of alkyl halides is 2. The van der Waals surface area contributed by atoms with Crippen LogP contribution in [0.5, 0.6) is 0 Å². The van der Waals surface area contributed by atoms with Crippen molar-refractivity contribution in [1.29, 1.82) is 0 Å². The molecule has 1 aromatic heterocycles. The summed E-state index contributed by atoms with van der Waals surface area (Å²) < 4.78 is 25.1. The fourth-order valence-corrected chi connectivity index (χ4v) is 0.954. The summed E-state index contributed by atoms with van der Waals surface area (Å²) in [4.78, 5) is 10.8. The monoisotopic (exact) mass is 174 g/mol. The maximum Gasteiger partial charge on any atom is 0.302 e. The summed E-state index contributed by atoms with van der Waals surface area (Å²) in [6.45, 7) is 1.57. The minimum atomic E-state index is -2.97. The van der Waals surface area contributed by atoms with Gasteiger partial charge in [0.05, 0.1) is 0 Å². The largest absolute Gasteiger partial charge is 0.302 e. The van der Waals surface area contributed by atoms with Gasteiger partial charge in [-0.2, -0.15) is 5.10 Å². The van der Waals surface area contributed by atoms with Gasteiger partial charge in [-0.15, -0.1) is 0 Å². The van der Waals surface area contributed by atoms with Crippen molar-refractivity contribution in [2.45, 2.75) is 13.3 Å². The summed E-state index contributed by atoms with van der Waals surface area (Å²) >= 11 is 0. The van der Waals surface area contributed by atoms with Crippen LogP contribution in [0.3, 0.4) is 0 Å². The van der Waals surface area contributed by atoms with Crippen molar-refractivity contribution in [3.05, 3.63) is 17.5 Å². The lowest BCUT2D eigenvalue weighted by molar-refractivity contribution is 0.0671. The number of rotatable bonds is 2. The molecule has 0 aromatic carbocycles. The van der Waals surface area contributed by atoms with E-state index in [-0.39, 0.29) is 5.69 Å². The quantitative estimate of drug-likeness (QED) is 0.631. The van der Waals surface area contributed by atoms with Crippen LogP contribution >= 0.6 is 0 Å². The van der Waals surface area contributed by atoms with E-state index in [0.29, 0.717) is 5.56 Å². The van der Waals surface area contributed by atoms with Crippen molar-refractivity contribution in [3.8, 4) is 0 Å². The van der Waals surface area contributed by atoms with Crippen LogP contribution in [0.15, 0.2) is 6.20 Å². The van der Waals surface area contributed by atoms with Crippen molar-refractivity contribution in [1.82, 2.24) is 9.78 Å². The number of ketones is 1. The lowest BCUT2D eigenvalue weighted by Crippen LogP contribution is -2.12. The number of Topliss-reactive ketones (excluding diaryl/α,β-unsaturated/α-hetero) is 1. The fourth-order valence-electron chi connectivity index (χ4n) is 0.954. The van der Waals surface area contributed by atoms with E-state index < -0.39 is 12.2 Å². The fraction of sp³-hybridized carbons (Fsp3) is 0.429. The van der Waals surface area contributed by atoms with Crippen molar-refractivity contribution in [2.75, 3.05) is 0 Å². The summed E-state index contributed by atoms with van der Waals surface area (Å²) in [6.07, 6.45) is -1.45. The molecule has 0 atom stereocenters. The second-order valence-corrected chi connectivity index (χ2v) is 2.50. The molecule has 5 heteroatoms. The lowest BCUT2D eigenvalue weighted by Gasteiger charge is -1.94. The summed E-state index contributed by atoms with van der Waals surface area (Å²) in [6, 6.07) is 0. The van der Waals surface area contributed by atoms with Gasteiger partial charge in [-0.25, -0.2) is 8.78 Å². The van der Waals surface area contributed by atoms with Crippen LogP contribution < -0.4 is 0 Å². The third kappa shape index (κ3) is 1.49. The first-order valence-corrected chi connectivity index (χ1v) is 3.35. The third-order valence-corrected chi connectivity index (χ3v) is 1.44. The third-order valence-electron chi connectivity index (χ3n) is 1.44. The summed E-state index contributed by atoms with van der Waals surface area (Å²) in [7, 11) is 1.58. The predicted octanol–water partition coefficient (Wildman–Crippen LogP) is 1.18. The van der Waals surface area contributed by atoms with Crippen LogP contribution in [0.2, 0.25) is 0 Å². The molecule has 0 spiro atoms. The second-order valence-electron chi connectivity index (χ2n) is 2.50. The molecule has 0 unspecified atom stereocenters. The standard InChI is InChI=1S/C7H8F2N2O/c1-4-3-11(2)10-5(4)6(12)7(8)9/h3,7H,1-2H3. The topological polar surface area (TPSA) is 34.9 Å². The molecular weight excluding hydrogens is 166 g/mol. The Balaban J connectivity index is 3.02. The molecule has 0 saturated heterocycles. The number of aryl methyl sites for hydroxylation is 2. The molecule has 0 aliphatic rings. The van der Waals surface area contributed by atoms with E-state index in [4.69, 9.17) is 0 Å². The number of halogens is 2. The Morgan fingerprint density at radius 3 is 2.58 bits per heavy atom. The number of carbonyl (C=O) groups excluding carboxylic acids is 1. The lowest BCUT2D eigenvalue weighted by atomic mass is 10.2. The average Bonchev–Trinajstić information content (AvgIpc) is 2.28. The smallest absolute Gasteiger partial charge is 0.286 e. The van der Waals surface area contributed by atoms with Gasteiger partial charge in [-0.3, -0.25) is 9.48 Å². The Hall–Kier alpha value is -1.26. The predicted molar refractivity (Wildman–Crippen MR) is 38.3 cm³/mol. The molecule has 0 bridgehead atoms. The highest BCUT2D eigenvalue weighted by molar-refractivity contribution is 5.97. The molecule has 0 aliphatic carbocycles. The van der Waals surface area contributed by atoms with Crippen LogP contribution in [0.25, 0.3) is 0 Å². The van der Waals surface area contributed by atoms with Gasteiger partial charge in [0.25, 0.3) is 0 Å². The van der Waals surface area contributed by atoms with Crippen LogP contribution in [0.1, 0.15) is 16.1 Å². The molecule has 1 aromatic rings. The van der Waals surface area contributed by atoms with Gasteiger partial charge < -0.3 is 0 Å². The highest BCUT2D eigenvalue weighted by Crippen LogP contribution is 2.09. The minimum absolute atomic E-state index is 0.146. The first-order chi connectivity index (χ1) is 5.52. The molecular formula is C7H8F2N2O. The van der Waals surface area contributed by atoms with E-state index in [0.717, 1.165) is 0 Å². The molecule has 66 valence electrons. The molecule has 0 aliphatic heterocycles. The molecule has 0 amide bonds. The highest BCUT2D eigenvalue weighted by atomic mass is 19.3. The van der Waals surface area contributed by atoms with Gasteiger partial charge in [0.15, 0.2) is 0 Å². The van der Waals surface area contributed by atoms with Gasteiger partial charge >= 0.3 is 6.43 Å². The maximum atomic E-state index is 11.9. The first kappa shape index (κ1) is 8.83. The van der Waals surface area contributed by atoms with Gasteiger partial charge in [-0.05, 0) is 12.5 Å². The number of carbonyl (C=O) groups is 1. The van der Waals surface area contributed by atoms with E-state index in [9.17, 15) is 13.6 Å². The van der Waals surface area contributed by atoms with Crippen molar-refractivity contribution >= 4 is 5.78 Å². The highest BCUT2D eigenvalue weighted by Gasteiger charge is 2.22. The second kappa shape index (κ2) is 3.00. The molecule has 0 saturated carbocycles. The van der Waals surface area contributed by atoms with E-state index in [1.54, 1.807) is 14.0 Å². The minimum Gasteiger partial charge on any atom is -0.286 e. The van der Waals surface area contributed by atoms with E-state index in [1.165, 1.54) is 10.9 Å². The Bertz CT molecular complexity index is 306. The van der Waals surface area contributed by atoms with Gasteiger partial charge in [0, 0.05) is 13.2 Å². The van der Waals surface area contributed by atoms with Crippen LogP contribution in [0.4, 0.5) is 8.78 Å². The molecule has 1 heterocycles. The van der Waals surface area contributed by atoms with E-state index >= 15 is 0 Å². The number of aromatic nitrogens is 2. The number of nitrogens with zero attached hydrogens (tertiary/aromatic N) is 2. The normalized spacial score (nSPS) is 10.8. The molecule has 12 heavy (non-hydrogen) atoms. The van der Waals surface area contributed by atoms with Crippen molar-refractivity contribution in [3.63, 3.8) is 0 Å². The van der Waals surface area contributed by atoms with Gasteiger partial charge in [0.1, 0.15) is 5.69 Å².